The Kier molecular flexibility index (Phi) is 8.62. The molecule has 0 radical (unpaired) electrons. The van der Waals surface area contributed by atoms with Crippen LogP contribution in [0.3, 0.4) is 0 Å². The van der Waals surface area contributed by atoms with Crippen LogP contribution < -0.4 is 9.62 Å². The largest absolute Gasteiger partial charge is 0.354 e. The van der Waals surface area contributed by atoms with Crippen molar-refractivity contribution in [3.8, 4) is 0 Å². The summed E-state index contributed by atoms with van der Waals surface area (Å²) in [5.41, 5.74) is 2.04. The van der Waals surface area contributed by atoms with E-state index >= 15 is 0 Å². The number of carbonyl (C=O) groups is 2. The van der Waals surface area contributed by atoms with Crippen molar-refractivity contribution in [2.45, 2.75) is 39.8 Å². The van der Waals surface area contributed by atoms with Gasteiger partial charge >= 0.3 is 0 Å². The number of nitrogens with one attached hydrogen (secondary N) is 1. The van der Waals surface area contributed by atoms with Crippen molar-refractivity contribution in [2.75, 3.05) is 23.7 Å². The number of aryl methyl sites for hydroxylation is 1. The number of amides is 2. The second-order valence-corrected chi connectivity index (χ2v) is 9.44. The van der Waals surface area contributed by atoms with E-state index in [0.717, 1.165) is 28.1 Å². The van der Waals surface area contributed by atoms with Gasteiger partial charge in [-0.1, -0.05) is 55.5 Å². The second-order valence-electron chi connectivity index (χ2n) is 7.53. The summed E-state index contributed by atoms with van der Waals surface area (Å²) < 4.78 is 26.1. The Morgan fingerprint density at radius 1 is 1.03 bits per heavy atom. The Hall–Kier alpha value is -2.87. The van der Waals surface area contributed by atoms with E-state index in [1.807, 2.05) is 43.3 Å². The fourth-order valence-electron chi connectivity index (χ4n) is 3.20. The first kappa shape index (κ1) is 24.4. The van der Waals surface area contributed by atoms with Crippen LogP contribution in [0.1, 0.15) is 31.4 Å². The highest BCUT2D eigenvalue weighted by molar-refractivity contribution is 7.92. The number of benzene rings is 2. The predicted octanol–water partition coefficient (Wildman–Crippen LogP) is 2.70. The van der Waals surface area contributed by atoms with Crippen LogP contribution in [0.15, 0.2) is 54.6 Å². The molecule has 2 rings (SSSR count). The molecule has 0 aliphatic rings. The lowest BCUT2D eigenvalue weighted by Crippen LogP contribution is -2.51. The summed E-state index contributed by atoms with van der Waals surface area (Å²) in [4.78, 5) is 27.4. The average molecular weight is 446 g/mol. The van der Waals surface area contributed by atoms with Crippen LogP contribution in [0, 0.1) is 6.92 Å². The lowest BCUT2D eigenvalue weighted by atomic mass is 10.1. The number of hydrogen-bond acceptors (Lipinski definition) is 4. The molecule has 1 unspecified atom stereocenters. The maximum Gasteiger partial charge on any atom is 0.244 e. The fraction of sp³-hybridized carbons (Fsp3) is 0.391. The minimum atomic E-state index is -3.72. The number of anilines is 1. The van der Waals surface area contributed by atoms with Gasteiger partial charge in [-0.25, -0.2) is 8.42 Å². The normalized spacial score (nSPS) is 12.1. The third kappa shape index (κ3) is 6.82. The summed E-state index contributed by atoms with van der Waals surface area (Å²) in [5, 5.41) is 2.81. The summed E-state index contributed by atoms with van der Waals surface area (Å²) in [6, 6.07) is 15.6. The van der Waals surface area contributed by atoms with Gasteiger partial charge in [0.25, 0.3) is 0 Å². The first-order chi connectivity index (χ1) is 14.6. The van der Waals surface area contributed by atoms with Crippen molar-refractivity contribution in [3.05, 3.63) is 65.7 Å². The molecule has 0 aliphatic heterocycles. The molecule has 2 aromatic rings. The van der Waals surface area contributed by atoms with E-state index in [9.17, 15) is 18.0 Å². The molecule has 7 nitrogen and oxygen atoms in total. The molecule has 2 aromatic carbocycles. The van der Waals surface area contributed by atoms with Gasteiger partial charge < -0.3 is 10.2 Å². The number of sulfonamides is 1. The quantitative estimate of drug-likeness (QED) is 0.609. The topological polar surface area (TPSA) is 86.8 Å². The molecule has 0 saturated heterocycles. The lowest BCUT2D eigenvalue weighted by Gasteiger charge is -2.31. The van der Waals surface area contributed by atoms with Crippen molar-refractivity contribution in [1.29, 1.82) is 0 Å². The Morgan fingerprint density at radius 2 is 1.65 bits per heavy atom. The highest BCUT2D eigenvalue weighted by Gasteiger charge is 2.30. The number of carbonyl (C=O) groups excluding carboxylic acids is 2. The summed E-state index contributed by atoms with van der Waals surface area (Å²) in [7, 11) is -3.72. The lowest BCUT2D eigenvalue weighted by molar-refractivity contribution is -0.139. The summed E-state index contributed by atoms with van der Waals surface area (Å²) in [5.74, 6) is -0.718. The maximum atomic E-state index is 13.3. The molecule has 1 atom stereocenters. The second kappa shape index (κ2) is 10.9. The minimum Gasteiger partial charge on any atom is -0.354 e. The summed E-state index contributed by atoms with van der Waals surface area (Å²) in [6.07, 6.45) is 1.85. The molecule has 1 N–H and O–H groups in total. The molecule has 31 heavy (non-hydrogen) atoms. The van der Waals surface area contributed by atoms with Crippen LogP contribution in [0.4, 0.5) is 5.69 Å². The highest BCUT2D eigenvalue weighted by Crippen LogP contribution is 2.22. The molecule has 0 fully saturated rings. The number of nitrogens with zero attached hydrogens (tertiary/aromatic N) is 2. The van der Waals surface area contributed by atoms with Gasteiger partial charge in [0.2, 0.25) is 21.8 Å². The summed E-state index contributed by atoms with van der Waals surface area (Å²) >= 11 is 0. The minimum absolute atomic E-state index is 0.200. The molecule has 0 saturated carbocycles. The number of para-hydroxylation sites is 1. The van der Waals surface area contributed by atoms with E-state index < -0.39 is 22.0 Å². The molecule has 0 aromatic heterocycles. The van der Waals surface area contributed by atoms with Gasteiger partial charge in [0.15, 0.2) is 0 Å². The summed E-state index contributed by atoms with van der Waals surface area (Å²) in [6.45, 7) is 5.72. The van der Waals surface area contributed by atoms with Gasteiger partial charge in [0.1, 0.15) is 12.6 Å². The van der Waals surface area contributed by atoms with Gasteiger partial charge in [-0.2, -0.15) is 0 Å². The SMILES string of the molecule is CCCNC(=O)C(C)N(Cc1ccccc1)C(=O)CN(c1ccccc1C)S(C)(=O)=O. The zero-order valence-electron chi connectivity index (χ0n) is 18.5. The monoisotopic (exact) mass is 445 g/mol. The van der Waals surface area contributed by atoms with Crippen molar-refractivity contribution in [3.63, 3.8) is 0 Å². The average Bonchev–Trinajstić information content (AvgIpc) is 2.74. The van der Waals surface area contributed by atoms with Crippen LogP contribution in [0.25, 0.3) is 0 Å². The van der Waals surface area contributed by atoms with Crippen LogP contribution >= 0.6 is 0 Å². The van der Waals surface area contributed by atoms with Crippen molar-refractivity contribution in [1.82, 2.24) is 10.2 Å². The zero-order valence-corrected chi connectivity index (χ0v) is 19.4. The molecular weight excluding hydrogens is 414 g/mol. The smallest absolute Gasteiger partial charge is 0.244 e. The van der Waals surface area contributed by atoms with Crippen LogP contribution in [-0.2, 0) is 26.2 Å². The van der Waals surface area contributed by atoms with E-state index in [1.54, 1.807) is 32.0 Å². The van der Waals surface area contributed by atoms with Gasteiger partial charge in [0, 0.05) is 13.1 Å². The Balaban J connectivity index is 2.35. The molecule has 2 amide bonds. The van der Waals surface area contributed by atoms with Crippen LogP contribution in [-0.4, -0.2) is 50.5 Å². The molecular formula is C23H31N3O4S. The van der Waals surface area contributed by atoms with E-state index in [4.69, 9.17) is 0 Å². The first-order valence-electron chi connectivity index (χ1n) is 10.3. The Morgan fingerprint density at radius 3 is 2.23 bits per heavy atom. The highest BCUT2D eigenvalue weighted by atomic mass is 32.2. The van der Waals surface area contributed by atoms with Crippen LogP contribution in [0.5, 0.6) is 0 Å². The van der Waals surface area contributed by atoms with Crippen molar-refractivity contribution >= 4 is 27.5 Å². The zero-order chi connectivity index (χ0) is 23.0. The predicted molar refractivity (Wildman–Crippen MR) is 123 cm³/mol. The molecule has 0 heterocycles. The fourth-order valence-corrected chi connectivity index (χ4v) is 4.10. The third-order valence-corrected chi connectivity index (χ3v) is 6.10. The molecule has 0 aliphatic carbocycles. The van der Waals surface area contributed by atoms with E-state index in [-0.39, 0.29) is 19.0 Å². The van der Waals surface area contributed by atoms with Gasteiger partial charge in [-0.15, -0.1) is 0 Å². The number of rotatable bonds is 10. The molecule has 0 spiro atoms. The van der Waals surface area contributed by atoms with E-state index in [2.05, 4.69) is 5.32 Å². The van der Waals surface area contributed by atoms with Gasteiger partial charge in [-0.05, 0) is 37.5 Å². The Labute approximate surface area is 185 Å². The van der Waals surface area contributed by atoms with Crippen molar-refractivity contribution < 1.29 is 18.0 Å². The molecule has 168 valence electrons. The first-order valence-corrected chi connectivity index (χ1v) is 12.1. The van der Waals surface area contributed by atoms with Gasteiger partial charge in [0.05, 0.1) is 11.9 Å². The van der Waals surface area contributed by atoms with Gasteiger partial charge in [-0.3, -0.25) is 13.9 Å². The van der Waals surface area contributed by atoms with Crippen molar-refractivity contribution in [2.24, 2.45) is 0 Å². The van der Waals surface area contributed by atoms with E-state index in [1.165, 1.54) is 4.90 Å². The Bertz CT molecular complexity index is 993. The van der Waals surface area contributed by atoms with E-state index in [0.29, 0.717) is 12.2 Å². The third-order valence-electron chi connectivity index (χ3n) is 4.98. The standard InChI is InChI=1S/C23H31N3O4S/c1-5-15-24-23(28)19(3)25(16-20-12-7-6-8-13-20)22(27)17-26(31(4,29)30)21-14-10-9-11-18(21)2/h6-14,19H,5,15-17H2,1-4H3,(H,24,28). The molecule has 8 heteroatoms. The number of hydrogen-bond donors (Lipinski definition) is 1. The van der Waals surface area contributed by atoms with Crippen LogP contribution in [0.2, 0.25) is 0 Å². The maximum absolute atomic E-state index is 13.3. The molecule has 0 bridgehead atoms.